The van der Waals surface area contributed by atoms with E-state index in [0.717, 1.165) is 11.8 Å². The van der Waals surface area contributed by atoms with Gasteiger partial charge in [0.2, 0.25) is 0 Å². The van der Waals surface area contributed by atoms with Crippen molar-refractivity contribution in [1.82, 2.24) is 5.32 Å². The van der Waals surface area contributed by atoms with E-state index in [4.69, 9.17) is 13.0 Å². The van der Waals surface area contributed by atoms with Gasteiger partial charge >= 0.3 is 0 Å². The zero-order chi connectivity index (χ0) is 13.9. The van der Waals surface area contributed by atoms with E-state index in [1.54, 1.807) is 0 Å². The molecule has 2 atom stereocenters. The molecule has 0 aromatic rings. The third kappa shape index (κ3) is 4.70. The highest BCUT2D eigenvalue weighted by atomic mass is 32.2. The first-order chi connectivity index (χ1) is 8.88. The number of piperazine rings is 1. The van der Waals surface area contributed by atoms with Gasteiger partial charge in [0.25, 0.3) is 0 Å². The number of rotatable bonds is 0. The molecule has 0 aromatic heterocycles. The molecule has 2 aliphatic heterocycles. The molecule has 0 bridgehead atoms. The molecular weight excluding hydrogens is 264 g/mol. The topological polar surface area (TPSA) is 69.2 Å². The van der Waals surface area contributed by atoms with Gasteiger partial charge in [0.05, 0.1) is 36.3 Å². The average Bonchev–Trinajstić information content (AvgIpc) is 2.65. The van der Waals surface area contributed by atoms with Crippen molar-refractivity contribution in [3.8, 4) is 0 Å². The van der Waals surface area contributed by atoms with E-state index in [1.165, 1.54) is 69.4 Å². The van der Waals surface area contributed by atoms with E-state index >= 15 is 0 Å². The van der Waals surface area contributed by atoms with Gasteiger partial charge in [-0.1, -0.05) is 12.8 Å². The van der Waals surface area contributed by atoms with Crippen LogP contribution in [-0.2, 0) is 10.1 Å². The molecule has 0 radical (unpaired) electrons. The predicted octanol–water partition coefficient (Wildman–Crippen LogP) is 0.388. The highest BCUT2D eigenvalue weighted by molar-refractivity contribution is 7.84. The van der Waals surface area contributed by atoms with Crippen molar-refractivity contribution in [1.29, 1.82) is 0 Å². The standard InChI is InChI=1S/C12H23N2.CH4O3S/c1-2-4-12-10-14(9-11(12)3-1)7-5-13-6-8-14;1-5(2,3)4/h11-13H,1-10H2;1H3,(H,2,3,4)/q+1;/p-1. The lowest BCUT2D eigenvalue weighted by Crippen LogP contribution is -2.57. The largest absolute Gasteiger partial charge is 0.748 e. The van der Waals surface area contributed by atoms with Crippen molar-refractivity contribution >= 4 is 10.1 Å². The molecule has 0 amide bonds. The molecule has 3 rings (SSSR count). The summed E-state index contributed by atoms with van der Waals surface area (Å²) in [5.74, 6) is 2.20. The van der Waals surface area contributed by atoms with Crippen LogP contribution in [0.3, 0.4) is 0 Å². The summed E-state index contributed by atoms with van der Waals surface area (Å²) >= 11 is 0. The van der Waals surface area contributed by atoms with Crippen LogP contribution < -0.4 is 5.32 Å². The van der Waals surface area contributed by atoms with Crippen LogP contribution in [0, 0.1) is 11.8 Å². The Morgan fingerprint density at radius 3 is 1.89 bits per heavy atom. The van der Waals surface area contributed by atoms with Crippen molar-refractivity contribution in [3.05, 3.63) is 0 Å². The zero-order valence-corrected chi connectivity index (χ0v) is 12.6. The molecule has 1 N–H and O–H groups in total. The van der Waals surface area contributed by atoms with Crippen LogP contribution in [0.15, 0.2) is 0 Å². The second-order valence-corrected chi connectivity index (χ2v) is 7.82. The second kappa shape index (κ2) is 6.08. The van der Waals surface area contributed by atoms with Crippen molar-refractivity contribution in [3.63, 3.8) is 0 Å². The van der Waals surface area contributed by atoms with Crippen LogP contribution in [0.1, 0.15) is 25.7 Å². The molecule has 2 saturated heterocycles. The fraction of sp³-hybridized carbons (Fsp3) is 1.00. The number of hydrogen-bond donors (Lipinski definition) is 1. The summed E-state index contributed by atoms with van der Waals surface area (Å²) in [5.41, 5.74) is 0. The summed E-state index contributed by atoms with van der Waals surface area (Å²) in [5, 5.41) is 3.50. The molecule has 2 unspecified atom stereocenters. The summed E-state index contributed by atoms with van der Waals surface area (Å²) < 4.78 is 28.7. The minimum atomic E-state index is -3.92. The van der Waals surface area contributed by atoms with Crippen LogP contribution in [0.5, 0.6) is 0 Å². The van der Waals surface area contributed by atoms with Crippen molar-refractivity contribution in [2.24, 2.45) is 11.8 Å². The highest BCUT2D eigenvalue weighted by Crippen LogP contribution is 2.39. The van der Waals surface area contributed by atoms with Gasteiger partial charge < -0.3 is 14.4 Å². The molecule has 2 heterocycles. The van der Waals surface area contributed by atoms with Gasteiger partial charge in [0.1, 0.15) is 0 Å². The van der Waals surface area contributed by atoms with Gasteiger partial charge in [0.15, 0.2) is 0 Å². The van der Waals surface area contributed by atoms with Crippen LogP contribution >= 0.6 is 0 Å². The van der Waals surface area contributed by atoms with Crippen LogP contribution in [-0.4, -0.2) is 63.0 Å². The van der Waals surface area contributed by atoms with Gasteiger partial charge in [-0.05, 0) is 12.8 Å². The Hall–Kier alpha value is -0.170. The summed E-state index contributed by atoms with van der Waals surface area (Å²) in [4.78, 5) is 0. The molecule has 6 heteroatoms. The molecule has 1 aliphatic carbocycles. The van der Waals surface area contributed by atoms with E-state index in [1.807, 2.05) is 0 Å². The monoisotopic (exact) mass is 290 g/mol. The predicted molar refractivity (Wildman–Crippen MR) is 73.7 cm³/mol. The molecule has 112 valence electrons. The van der Waals surface area contributed by atoms with E-state index < -0.39 is 10.1 Å². The smallest absolute Gasteiger partial charge is 0.0916 e. The lowest BCUT2D eigenvalue weighted by atomic mass is 9.82. The van der Waals surface area contributed by atoms with Gasteiger partial charge in [0, 0.05) is 31.2 Å². The highest BCUT2D eigenvalue weighted by Gasteiger charge is 2.45. The Morgan fingerprint density at radius 1 is 1.05 bits per heavy atom. The van der Waals surface area contributed by atoms with Crippen molar-refractivity contribution in [2.75, 3.05) is 45.5 Å². The van der Waals surface area contributed by atoms with Gasteiger partial charge in [-0.15, -0.1) is 0 Å². The molecule has 5 nitrogen and oxygen atoms in total. The fourth-order valence-corrected chi connectivity index (χ4v) is 4.07. The van der Waals surface area contributed by atoms with Crippen LogP contribution in [0.4, 0.5) is 0 Å². The third-order valence-electron chi connectivity index (χ3n) is 4.84. The number of nitrogens with one attached hydrogen (secondary N) is 1. The van der Waals surface area contributed by atoms with Gasteiger partial charge in [-0.25, -0.2) is 8.42 Å². The van der Waals surface area contributed by atoms with Gasteiger partial charge in [-0.3, -0.25) is 0 Å². The van der Waals surface area contributed by atoms with Crippen molar-refractivity contribution < 1.29 is 17.5 Å². The molecule has 1 spiro atoms. The number of fused-ring (bicyclic) bond motifs is 1. The SMILES string of the molecule is C1CCC2C[N+]3(CCNCC3)CC2C1.CS(=O)(=O)[O-]. The van der Waals surface area contributed by atoms with Crippen LogP contribution in [0.25, 0.3) is 0 Å². The molecular formula is C13H26N2O3S. The molecule has 3 fully saturated rings. The Kier molecular flexibility index (Phi) is 4.87. The normalized spacial score (nSPS) is 33.4. The van der Waals surface area contributed by atoms with Crippen LogP contribution in [0.2, 0.25) is 0 Å². The van der Waals surface area contributed by atoms with E-state index in [-0.39, 0.29) is 0 Å². The Labute approximate surface area is 116 Å². The minimum absolute atomic E-state index is 0.604. The quantitative estimate of drug-likeness (QED) is 0.517. The summed E-state index contributed by atoms with van der Waals surface area (Å²) in [6.45, 7) is 8.39. The maximum absolute atomic E-state index is 9.08. The summed E-state index contributed by atoms with van der Waals surface area (Å²) in [6, 6.07) is 0. The maximum atomic E-state index is 9.08. The van der Waals surface area contributed by atoms with E-state index in [2.05, 4.69) is 5.32 Å². The molecule has 0 aromatic carbocycles. The zero-order valence-electron chi connectivity index (χ0n) is 11.8. The maximum Gasteiger partial charge on any atom is 0.0916 e. The van der Waals surface area contributed by atoms with Gasteiger partial charge in [-0.2, -0.15) is 0 Å². The Bertz CT molecular complexity index is 367. The Balaban J connectivity index is 0.000000232. The molecule has 3 aliphatic rings. The minimum Gasteiger partial charge on any atom is -0.748 e. The van der Waals surface area contributed by atoms with E-state index in [9.17, 15) is 0 Å². The lowest BCUT2D eigenvalue weighted by molar-refractivity contribution is -0.920. The first kappa shape index (κ1) is 15.2. The molecule has 19 heavy (non-hydrogen) atoms. The van der Waals surface area contributed by atoms with E-state index in [0.29, 0.717) is 6.26 Å². The first-order valence-corrected chi connectivity index (χ1v) is 9.16. The number of quaternary nitrogens is 1. The molecule has 1 saturated carbocycles. The average molecular weight is 290 g/mol. The first-order valence-electron chi connectivity index (χ1n) is 7.35. The number of hydrogen-bond acceptors (Lipinski definition) is 4. The number of nitrogens with zero attached hydrogens (tertiary/aromatic N) is 1. The van der Waals surface area contributed by atoms with Crippen molar-refractivity contribution in [2.45, 2.75) is 25.7 Å². The summed E-state index contributed by atoms with van der Waals surface area (Å²) in [6.07, 6.45) is 6.71. The lowest BCUT2D eigenvalue weighted by Gasteiger charge is -2.38. The third-order valence-corrected chi connectivity index (χ3v) is 4.84. The second-order valence-electron chi connectivity index (χ2n) is 6.41. The fourth-order valence-electron chi connectivity index (χ4n) is 4.07. The Morgan fingerprint density at radius 2 is 1.47 bits per heavy atom. The summed E-state index contributed by atoms with van der Waals surface area (Å²) in [7, 11) is -3.92.